The number of pyridine rings is 1. The van der Waals surface area contributed by atoms with Gasteiger partial charge in [-0.15, -0.1) is 0 Å². The minimum absolute atomic E-state index is 0.236. The standard InChI is InChI=1S/C23H25N3O5S/c1-16-21(13-18-5-6-19(30-2)14-22(18)25-16)23(27)24-15-17-3-7-20(8-4-17)32(28,29)26-9-11-31-12-10-26/h3-8,13-14H,9-12,15H2,1-2H3,(H,24,27). The minimum atomic E-state index is -3.54. The molecular formula is C23H25N3O5S. The molecule has 1 aliphatic heterocycles. The minimum Gasteiger partial charge on any atom is -0.497 e. The largest absolute Gasteiger partial charge is 0.497 e. The van der Waals surface area contributed by atoms with Crippen molar-refractivity contribution in [3.05, 3.63) is 65.4 Å². The summed E-state index contributed by atoms with van der Waals surface area (Å²) in [6.07, 6.45) is 0. The van der Waals surface area contributed by atoms with Crippen LogP contribution in [0.2, 0.25) is 0 Å². The van der Waals surface area contributed by atoms with Crippen LogP contribution in [0, 0.1) is 6.92 Å². The summed E-state index contributed by atoms with van der Waals surface area (Å²) in [5.41, 5.74) is 2.68. The molecule has 8 nitrogen and oxygen atoms in total. The lowest BCUT2D eigenvalue weighted by Crippen LogP contribution is -2.40. The Balaban J connectivity index is 1.44. The maximum atomic E-state index is 12.7. The van der Waals surface area contributed by atoms with Crippen LogP contribution in [-0.4, -0.2) is 57.0 Å². The number of benzene rings is 2. The van der Waals surface area contributed by atoms with Crippen molar-refractivity contribution in [1.29, 1.82) is 0 Å². The van der Waals surface area contributed by atoms with E-state index in [1.165, 1.54) is 4.31 Å². The molecule has 1 aliphatic rings. The smallest absolute Gasteiger partial charge is 0.253 e. The van der Waals surface area contributed by atoms with Crippen molar-refractivity contribution < 1.29 is 22.7 Å². The maximum Gasteiger partial charge on any atom is 0.253 e. The third kappa shape index (κ3) is 4.59. The molecule has 0 radical (unpaired) electrons. The second-order valence-corrected chi connectivity index (χ2v) is 9.46. The average molecular weight is 456 g/mol. The Labute approximate surface area is 187 Å². The van der Waals surface area contributed by atoms with E-state index in [0.717, 1.165) is 16.5 Å². The van der Waals surface area contributed by atoms with Gasteiger partial charge in [-0.05, 0) is 42.8 Å². The van der Waals surface area contributed by atoms with Crippen molar-refractivity contribution in [2.75, 3.05) is 33.4 Å². The molecular weight excluding hydrogens is 430 g/mol. The first-order chi connectivity index (χ1) is 15.4. The molecule has 1 fully saturated rings. The van der Waals surface area contributed by atoms with Crippen LogP contribution >= 0.6 is 0 Å². The molecule has 4 rings (SSSR count). The van der Waals surface area contributed by atoms with E-state index < -0.39 is 10.0 Å². The number of hydrogen-bond acceptors (Lipinski definition) is 6. The molecule has 1 saturated heterocycles. The molecule has 32 heavy (non-hydrogen) atoms. The number of carbonyl (C=O) groups excluding carboxylic acids is 1. The van der Waals surface area contributed by atoms with Gasteiger partial charge in [-0.2, -0.15) is 4.31 Å². The van der Waals surface area contributed by atoms with Crippen LogP contribution in [0.3, 0.4) is 0 Å². The van der Waals surface area contributed by atoms with E-state index in [1.54, 1.807) is 38.3 Å². The summed E-state index contributed by atoms with van der Waals surface area (Å²) in [7, 11) is -1.94. The highest BCUT2D eigenvalue weighted by Crippen LogP contribution is 2.22. The van der Waals surface area contributed by atoms with Gasteiger partial charge >= 0.3 is 0 Å². The van der Waals surface area contributed by atoms with Crippen LogP contribution in [0.5, 0.6) is 5.75 Å². The van der Waals surface area contributed by atoms with E-state index in [9.17, 15) is 13.2 Å². The second-order valence-electron chi connectivity index (χ2n) is 7.52. The fourth-order valence-corrected chi connectivity index (χ4v) is 5.00. The topological polar surface area (TPSA) is 97.8 Å². The first kappa shape index (κ1) is 22.2. The van der Waals surface area contributed by atoms with E-state index in [2.05, 4.69) is 10.3 Å². The van der Waals surface area contributed by atoms with Crippen molar-refractivity contribution in [3.8, 4) is 5.75 Å². The van der Waals surface area contributed by atoms with Crippen LogP contribution in [0.15, 0.2) is 53.4 Å². The molecule has 3 aromatic rings. The van der Waals surface area contributed by atoms with Crippen molar-refractivity contribution in [3.63, 3.8) is 0 Å². The summed E-state index contributed by atoms with van der Waals surface area (Å²) in [5, 5.41) is 3.73. The van der Waals surface area contributed by atoms with E-state index >= 15 is 0 Å². The number of carbonyl (C=O) groups is 1. The molecule has 0 saturated carbocycles. The zero-order valence-electron chi connectivity index (χ0n) is 18.0. The summed E-state index contributed by atoms with van der Waals surface area (Å²) < 4.78 is 37.3. The van der Waals surface area contributed by atoms with Crippen molar-refractivity contribution in [2.24, 2.45) is 0 Å². The molecule has 1 amide bonds. The highest BCUT2D eigenvalue weighted by molar-refractivity contribution is 7.89. The summed E-state index contributed by atoms with van der Waals surface area (Å²) in [4.78, 5) is 17.5. The van der Waals surface area contributed by atoms with Crippen molar-refractivity contribution in [1.82, 2.24) is 14.6 Å². The van der Waals surface area contributed by atoms with Crippen LogP contribution in [0.1, 0.15) is 21.6 Å². The predicted molar refractivity (Wildman–Crippen MR) is 120 cm³/mol. The number of amides is 1. The molecule has 0 aliphatic carbocycles. The Morgan fingerprint density at radius 1 is 1.12 bits per heavy atom. The first-order valence-corrected chi connectivity index (χ1v) is 11.7. The number of nitrogens with zero attached hydrogens (tertiary/aromatic N) is 2. The fourth-order valence-electron chi connectivity index (χ4n) is 3.59. The molecule has 1 aromatic heterocycles. The lowest BCUT2D eigenvalue weighted by Gasteiger charge is -2.26. The van der Waals surface area contributed by atoms with E-state index in [-0.39, 0.29) is 17.3 Å². The van der Waals surface area contributed by atoms with E-state index in [4.69, 9.17) is 9.47 Å². The summed E-state index contributed by atoms with van der Waals surface area (Å²) in [5.74, 6) is 0.471. The predicted octanol–water partition coefficient (Wildman–Crippen LogP) is 2.50. The van der Waals surface area contributed by atoms with Gasteiger partial charge in [-0.3, -0.25) is 9.78 Å². The number of hydrogen-bond donors (Lipinski definition) is 1. The van der Waals surface area contributed by atoms with Crippen molar-refractivity contribution in [2.45, 2.75) is 18.4 Å². The van der Waals surface area contributed by atoms with Gasteiger partial charge in [-0.1, -0.05) is 12.1 Å². The summed E-state index contributed by atoms with van der Waals surface area (Å²) in [6, 6.07) is 13.9. The number of aryl methyl sites for hydroxylation is 1. The first-order valence-electron chi connectivity index (χ1n) is 10.3. The van der Waals surface area contributed by atoms with Gasteiger partial charge < -0.3 is 14.8 Å². The Morgan fingerprint density at radius 3 is 2.53 bits per heavy atom. The lowest BCUT2D eigenvalue weighted by atomic mass is 10.1. The Kier molecular flexibility index (Phi) is 6.40. The van der Waals surface area contributed by atoms with Gasteiger partial charge in [0.05, 0.1) is 42.0 Å². The van der Waals surface area contributed by atoms with Crippen LogP contribution in [0.4, 0.5) is 0 Å². The Hall–Kier alpha value is -3.01. The maximum absolute atomic E-state index is 12.7. The van der Waals surface area contributed by atoms with Crippen molar-refractivity contribution >= 4 is 26.8 Å². The highest BCUT2D eigenvalue weighted by atomic mass is 32.2. The fraction of sp³-hybridized carbons (Fsp3) is 0.304. The average Bonchev–Trinajstić information content (AvgIpc) is 2.82. The number of methoxy groups -OCH3 is 1. The SMILES string of the molecule is COc1ccc2cc(C(=O)NCc3ccc(S(=O)(=O)N4CCOCC4)cc3)c(C)nc2c1. The molecule has 2 aromatic carbocycles. The third-order valence-corrected chi connectivity index (χ3v) is 7.36. The summed E-state index contributed by atoms with van der Waals surface area (Å²) in [6.45, 7) is 3.58. The normalized spacial score (nSPS) is 14.9. The zero-order valence-corrected chi connectivity index (χ0v) is 18.8. The quantitative estimate of drug-likeness (QED) is 0.613. The van der Waals surface area contributed by atoms with Gasteiger partial charge in [0.15, 0.2) is 0 Å². The molecule has 9 heteroatoms. The Morgan fingerprint density at radius 2 is 1.84 bits per heavy atom. The number of fused-ring (bicyclic) bond motifs is 1. The van der Waals surface area contributed by atoms with Gasteiger partial charge in [0.2, 0.25) is 10.0 Å². The number of rotatable bonds is 6. The number of aromatic nitrogens is 1. The highest BCUT2D eigenvalue weighted by Gasteiger charge is 2.26. The van der Waals surface area contributed by atoms with Gasteiger partial charge in [0.1, 0.15) is 5.75 Å². The monoisotopic (exact) mass is 455 g/mol. The van der Waals surface area contributed by atoms with Crippen LogP contribution < -0.4 is 10.1 Å². The molecule has 0 spiro atoms. The summed E-state index contributed by atoms with van der Waals surface area (Å²) >= 11 is 0. The Bertz CT molecular complexity index is 1240. The van der Waals surface area contributed by atoms with Crippen LogP contribution in [-0.2, 0) is 21.3 Å². The van der Waals surface area contributed by atoms with E-state index in [1.807, 2.05) is 24.3 Å². The number of morpholine rings is 1. The third-order valence-electron chi connectivity index (χ3n) is 5.44. The van der Waals surface area contributed by atoms with Gasteiger partial charge in [0.25, 0.3) is 5.91 Å². The number of nitrogens with one attached hydrogen (secondary N) is 1. The van der Waals surface area contributed by atoms with Gasteiger partial charge in [0, 0.05) is 31.1 Å². The van der Waals surface area contributed by atoms with Gasteiger partial charge in [-0.25, -0.2) is 8.42 Å². The number of sulfonamides is 1. The molecule has 1 N–H and O–H groups in total. The molecule has 0 bridgehead atoms. The lowest BCUT2D eigenvalue weighted by molar-refractivity contribution is 0.0730. The van der Waals surface area contributed by atoms with E-state index in [0.29, 0.717) is 43.3 Å². The van der Waals surface area contributed by atoms with Crippen LogP contribution in [0.25, 0.3) is 10.9 Å². The molecule has 0 unspecified atom stereocenters. The second kappa shape index (κ2) is 9.23. The number of ether oxygens (including phenoxy) is 2. The molecule has 0 atom stereocenters. The molecule has 2 heterocycles. The molecule has 168 valence electrons. The zero-order chi connectivity index (χ0) is 22.7.